The highest BCUT2D eigenvalue weighted by Crippen LogP contribution is 2.40. The lowest BCUT2D eigenvalue weighted by molar-refractivity contribution is -0.118. The number of piperazine rings is 1. The fourth-order valence-electron chi connectivity index (χ4n) is 5.18. The van der Waals surface area contributed by atoms with E-state index in [9.17, 15) is 9.18 Å². The van der Waals surface area contributed by atoms with E-state index in [1.54, 1.807) is 13.0 Å². The number of carbonyl (C=O) groups excluding carboxylic acids is 1. The SMILES string of the molecule is COc1cc(N2CCN3C(CCC[C@@H]3c3ccc(OCC(C)=O)c(C)c3C)C2)ccc1F. The number of piperidine rings is 1. The summed E-state index contributed by atoms with van der Waals surface area (Å²) in [5.74, 6) is 0.792. The number of benzene rings is 2. The Kier molecular flexibility index (Phi) is 6.70. The fourth-order valence-corrected chi connectivity index (χ4v) is 5.18. The highest BCUT2D eigenvalue weighted by Gasteiger charge is 2.36. The minimum absolute atomic E-state index is 0.0258. The van der Waals surface area contributed by atoms with E-state index in [0.29, 0.717) is 17.8 Å². The van der Waals surface area contributed by atoms with E-state index >= 15 is 0 Å². The lowest BCUT2D eigenvalue weighted by atomic mass is 9.86. The molecule has 1 unspecified atom stereocenters. The van der Waals surface area contributed by atoms with Crippen LogP contribution in [0.2, 0.25) is 0 Å². The Balaban J connectivity index is 1.52. The van der Waals surface area contributed by atoms with Crippen LogP contribution in [0.15, 0.2) is 30.3 Å². The standard InChI is InChI=1S/C26H33FN2O3/c1-17(30)16-32-25-11-9-22(18(2)19(25)3)24-7-5-6-21-15-28(12-13-29(21)24)20-8-10-23(27)26(14-20)31-4/h8-11,14,21,24H,5-7,12-13,15-16H2,1-4H3/t21?,24-/m1/s1. The predicted molar refractivity (Wildman–Crippen MR) is 124 cm³/mol. The van der Waals surface area contributed by atoms with Crippen molar-refractivity contribution in [2.75, 3.05) is 38.3 Å². The summed E-state index contributed by atoms with van der Waals surface area (Å²) < 4.78 is 24.7. The van der Waals surface area contributed by atoms with Gasteiger partial charge in [0.2, 0.25) is 0 Å². The molecule has 2 aliphatic heterocycles. The minimum Gasteiger partial charge on any atom is -0.494 e. The van der Waals surface area contributed by atoms with Crippen LogP contribution < -0.4 is 14.4 Å². The summed E-state index contributed by atoms with van der Waals surface area (Å²) in [4.78, 5) is 16.3. The van der Waals surface area contributed by atoms with Crippen molar-refractivity contribution >= 4 is 11.5 Å². The van der Waals surface area contributed by atoms with Crippen LogP contribution in [0.25, 0.3) is 0 Å². The van der Waals surface area contributed by atoms with Gasteiger partial charge in [-0.2, -0.15) is 0 Å². The molecule has 2 atom stereocenters. The quantitative estimate of drug-likeness (QED) is 0.643. The summed E-state index contributed by atoms with van der Waals surface area (Å²) in [7, 11) is 1.51. The van der Waals surface area contributed by atoms with Crippen molar-refractivity contribution in [3.63, 3.8) is 0 Å². The molecule has 0 spiro atoms. The molecule has 172 valence electrons. The van der Waals surface area contributed by atoms with E-state index in [0.717, 1.165) is 43.1 Å². The summed E-state index contributed by atoms with van der Waals surface area (Å²) in [6, 6.07) is 10.2. The van der Waals surface area contributed by atoms with Crippen molar-refractivity contribution in [1.29, 1.82) is 0 Å². The van der Waals surface area contributed by atoms with Gasteiger partial charge in [0, 0.05) is 43.5 Å². The van der Waals surface area contributed by atoms with Crippen LogP contribution in [-0.4, -0.2) is 50.1 Å². The molecule has 0 bridgehead atoms. The molecular weight excluding hydrogens is 407 g/mol. The highest BCUT2D eigenvalue weighted by molar-refractivity contribution is 5.77. The molecule has 5 nitrogen and oxygen atoms in total. The van der Waals surface area contributed by atoms with Gasteiger partial charge in [-0.1, -0.05) is 6.07 Å². The third-order valence-electron chi connectivity index (χ3n) is 7.01. The Bertz CT molecular complexity index is 993. The zero-order chi connectivity index (χ0) is 22.8. The number of nitrogens with zero attached hydrogens (tertiary/aromatic N) is 2. The number of carbonyl (C=O) groups is 1. The molecule has 32 heavy (non-hydrogen) atoms. The average molecular weight is 441 g/mol. The molecule has 2 aliphatic rings. The minimum atomic E-state index is -0.325. The molecule has 0 aliphatic carbocycles. The van der Waals surface area contributed by atoms with E-state index in [1.807, 2.05) is 12.1 Å². The van der Waals surface area contributed by atoms with Gasteiger partial charge < -0.3 is 14.4 Å². The monoisotopic (exact) mass is 440 g/mol. The van der Waals surface area contributed by atoms with E-state index in [4.69, 9.17) is 9.47 Å². The first kappa shape index (κ1) is 22.6. The van der Waals surface area contributed by atoms with Crippen molar-refractivity contribution in [3.05, 3.63) is 52.8 Å². The number of rotatable bonds is 6. The Morgan fingerprint density at radius 2 is 1.91 bits per heavy atom. The first-order valence-corrected chi connectivity index (χ1v) is 11.5. The number of Topliss-reactive ketones (excluding diaryl/α,β-unsaturated/α-hetero) is 1. The zero-order valence-electron chi connectivity index (χ0n) is 19.5. The van der Waals surface area contributed by atoms with E-state index < -0.39 is 0 Å². The molecule has 6 heteroatoms. The summed E-state index contributed by atoms with van der Waals surface area (Å²) >= 11 is 0. The summed E-state index contributed by atoms with van der Waals surface area (Å²) in [5.41, 5.74) is 4.74. The predicted octanol–water partition coefficient (Wildman–Crippen LogP) is 4.83. The molecule has 2 fully saturated rings. The lowest BCUT2D eigenvalue weighted by Crippen LogP contribution is -2.56. The van der Waals surface area contributed by atoms with Gasteiger partial charge >= 0.3 is 0 Å². The molecule has 0 N–H and O–H groups in total. The highest BCUT2D eigenvalue weighted by atomic mass is 19.1. The maximum atomic E-state index is 13.9. The third kappa shape index (κ3) is 4.46. The molecule has 2 heterocycles. The van der Waals surface area contributed by atoms with Crippen molar-refractivity contribution in [2.45, 2.75) is 52.1 Å². The van der Waals surface area contributed by atoms with Gasteiger partial charge in [0.15, 0.2) is 17.3 Å². The number of methoxy groups -OCH3 is 1. The summed E-state index contributed by atoms with van der Waals surface area (Å²) in [6.07, 6.45) is 3.51. The average Bonchev–Trinajstić information content (AvgIpc) is 2.79. The Morgan fingerprint density at radius 1 is 1.09 bits per heavy atom. The Hall–Kier alpha value is -2.60. The van der Waals surface area contributed by atoms with Crippen LogP contribution in [0.4, 0.5) is 10.1 Å². The van der Waals surface area contributed by atoms with Gasteiger partial charge in [0.1, 0.15) is 12.4 Å². The van der Waals surface area contributed by atoms with Gasteiger partial charge in [0.05, 0.1) is 7.11 Å². The third-order valence-corrected chi connectivity index (χ3v) is 7.01. The van der Waals surface area contributed by atoms with E-state index in [1.165, 1.54) is 37.1 Å². The van der Waals surface area contributed by atoms with Gasteiger partial charge in [-0.05, 0) is 74.9 Å². The molecule has 2 aromatic rings. The zero-order valence-corrected chi connectivity index (χ0v) is 19.5. The normalized spacial score (nSPS) is 21.2. The smallest absolute Gasteiger partial charge is 0.167 e. The van der Waals surface area contributed by atoms with E-state index in [2.05, 4.69) is 29.7 Å². The van der Waals surface area contributed by atoms with Gasteiger partial charge in [0.25, 0.3) is 0 Å². The molecule has 4 rings (SSSR count). The molecular formula is C26H33FN2O3. The molecule has 0 saturated carbocycles. The maximum absolute atomic E-state index is 13.9. The Morgan fingerprint density at radius 3 is 2.66 bits per heavy atom. The van der Waals surface area contributed by atoms with Crippen LogP contribution in [-0.2, 0) is 4.79 Å². The number of hydrogen-bond acceptors (Lipinski definition) is 5. The largest absolute Gasteiger partial charge is 0.494 e. The molecule has 0 radical (unpaired) electrons. The van der Waals surface area contributed by atoms with Crippen molar-refractivity contribution in [3.8, 4) is 11.5 Å². The number of fused-ring (bicyclic) bond motifs is 1. The van der Waals surface area contributed by atoms with Crippen LogP contribution in [0.1, 0.15) is 48.9 Å². The first-order chi connectivity index (χ1) is 15.4. The summed E-state index contributed by atoms with van der Waals surface area (Å²) in [5, 5.41) is 0. The van der Waals surface area contributed by atoms with Gasteiger partial charge in [-0.3, -0.25) is 9.69 Å². The van der Waals surface area contributed by atoms with Crippen molar-refractivity contribution < 1.29 is 18.7 Å². The lowest BCUT2D eigenvalue weighted by Gasteiger charge is -2.49. The van der Waals surface area contributed by atoms with Crippen molar-refractivity contribution in [2.24, 2.45) is 0 Å². The second-order valence-corrected chi connectivity index (χ2v) is 9.00. The molecule has 2 saturated heterocycles. The fraction of sp³-hybridized carbons (Fsp3) is 0.500. The summed E-state index contributed by atoms with van der Waals surface area (Å²) in [6.45, 7) is 8.70. The van der Waals surface area contributed by atoms with Crippen LogP contribution in [0.3, 0.4) is 0 Å². The first-order valence-electron chi connectivity index (χ1n) is 11.5. The Labute approximate surface area is 190 Å². The molecule has 2 aromatic carbocycles. The van der Waals surface area contributed by atoms with Crippen LogP contribution in [0, 0.1) is 19.7 Å². The molecule has 0 aromatic heterocycles. The number of halogens is 1. The van der Waals surface area contributed by atoms with E-state index in [-0.39, 0.29) is 18.2 Å². The van der Waals surface area contributed by atoms with Crippen LogP contribution >= 0.6 is 0 Å². The van der Waals surface area contributed by atoms with Gasteiger partial charge in [-0.15, -0.1) is 0 Å². The van der Waals surface area contributed by atoms with Crippen molar-refractivity contribution in [1.82, 2.24) is 4.90 Å². The second kappa shape index (κ2) is 9.49. The number of hydrogen-bond donors (Lipinski definition) is 0. The maximum Gasteiger partial charge on any atom is 0.167 e. The van der Waals surface area contributed by atoms with Crippen LogP contribution in [0.5, 0.6) is 11.5 Å². The van der Waals surface area contributed by atoms with Gasteiger partial charge in [-0.25, -0.2) is 4.39 Å². The topological polar surface area (TPSA) is 42.0 Å². The number of anilines is 1. The second-order valence-electron chi connectivity index (χ2n) is 9.00. The number of ether oxygens (including phenoxy) is 2. The number of ketones is 1. The molecule has 0 amide bonds.